The number of hydrogen-bond donors (Lipinski definition) is 0. The van der Waals surface area contributed by atoms with E-state index in [1.54, 1.807) is 7.11 Å². The molecule has 0 spiro atoms. The van der Waals surface area contributed by atoms with Gasteiger partial charge < -0.3 is 14.2 Å². The molecular formula is C33H38N4O5. The molecule has 2 amide bonds. The summed E-state index contributed by atoms with van der Waals surface area (Å²) in [6.07, 6.45) is -0.590. The van der Waals surface area contributed by atoms with Crippen LogP contribution >= 0.6 is 0 Å². The number of cyclic esters (lactones) is 1. The minimum absolute atomic E-state index is 0.202. The van der Waals surface area contributed by atoms with E-state index in [1.165, 1.54) is 4.90 Å². The summed E-state index contributed by atoms with van der Waals surface area (Å²) in [6.45, 7) is 11.6. The number of methoxy groups -OCH3 is 1. The predicted octanol–water partition coefficient (Wildman–Crippen LogP) is 5.93. The number of fused-ring (bicyclic) bond motifs is 1. The SMILES string of the molecule is CCn1nnc2c(C)c([C@H](c3ccc(C)c(COCc4ccc(OC)cc4)c3)[C@@H](C)C(=O)N3C(=O)OC[C@H]3C)ccc21. The lowest BCUT2D eigenvalue weighted by molar-refractivity contribution is -0.133. The molecule has 5 rings (SSSR count). The van der Waals surface area contributed by atoms with E-state index in [4.69, 9.17) is 14.2 Å². The highest BCUT2D eigenvalue weighted by atomic mass is 16.6. The molecule has 42 heavy (non-hydrogen) atoms. The highest BCUT2D eigenvalue weighted by Gasteiger charge is 2.40. The van der Waals surface area contributed by atoms with Crippen molar-refractivity contribution in [3.05, 3.63) is 88.0 Å². The summed E-state index contributed by atoms with van der Waals surface area (Å²) in [5.41, 5.74) is 7.85. The maximum absolute atomic E-state index is 13.9. The lowest BCUT2D eigenvalue weighted by Crippen LogP contribution is -2.42. The Hall–Kier alpha value is -4.24. The van der Waals surface area contributed by atoms with Crippen LogP contribution in [0.2, 0.25) is 0 Å². The molecule has 0 unspecified atom stereocenters. The van der Waals surface area contributed by atoms with Gasteiger partial charge in [0.1, 0.15) is 17.9 Å². The highest BCUT2D eigenvalue weighted by Crippen LogP contribution is 2.38. The minimum Gasteiger partial charge on any atom is -0.497 e. The number of carbonyl (C=O) groups excluding carboxylic acids is 2. The quantitative estimate of drug-likeness (QED) is 0.233. The molecule has 1 aliphatic heterocycles. The second-order valence-electron chi connectivity index (χ2n) is 11.0. The van der Waals surface area contributed by atoms with Crippen molar-refractivity contribution in [1.29, 1.82) is 0 Å². The summed E-state index contributed by atoms with van der Waals surface area (Å²) in [5.74, 6) is -0.342. The van der Waals surface area contributed by atoms with Crippen molar-refractivity contribution in [1.82, 2.24) is 19.9 Å². The van der Waals surface area contributed by atoms with E-state index in [1.807, 2.05) is 62.7 Å². The van der Waals surface area contributed by atoms with E-state index >= 15 is 0 Å². The summed E-state index contributed by atoms with van der Waals surface area (Å²) < 4.78 is 18.4. The number of aryl methyl sites for hydroxylation is 3. The first-order chi connectivity index (χ1) is 20.2. The Kier molecular flexibility index (Phi) is 8.59. The van der Waals surface area contributed by atoms with Gasteiger partial charge in [0.25, 0.3) is 0 Å². The number of nitrogens with zero attached hydrogens (tertiary/aromatic N) is 4. The van der Waals surface area contributed by atoms with E-state index in [-0.39, 0.29) is 24.5 Å². The van der Waals surface area contributed by atoms with Crippen LogP contribution in [0.15, 0.2) is 54.6 Å². The molecule has 9 nitrogen and oxygen atoms in total. The van der Waals surface area contributed by atoms with Gasteiger partial charge in [-0.15, -0.1) is 5.10 Å². The van der Waals surface area contributed by atoms with Crippen molar-refractivity contribution >= 4 is 23.0 Å². The molecule has 1 saturated heterocycles. The molecule has 1 aromatic heterocycles. The fourth-order valence-electron chi connectivity index (χ4n) is 5.72. The van der Waals surface area contributed by atoms with Gasteiger partial charge in [-0.1, -0.05) is 48.5 Å². The van der Waals surface area contributed by atoms with Crippen LogP contribution in [0.3, 0.4) is 0 Å². The molecular weight excluding hydrogens is 532 g/mol. The van der Waals surface area contributed by atoms with Crippen LogP contribution in [0.25, 0.3) is 11.0 Å². The fourth-order valence-corrected chi connectivity index (χ4v) is 5.72. The van der Waals surface area contributed by atoms with Gasteiger partial charge in [-0.05, 0) is 79.3 Å². The summed E-state index contributed by atoms with van der Waals surface area (Å²) >= 11 is 0. The standard InChI is InChI=1S/C33H38N4O5/c1-7-36-29-15-14-28(22(4)31(29)34-35-36)30(23(5)32(38)37-21(3)17-42-33(37)39)25-11-8-20(2)26(16-25)19-41-18-24-9-12-27(40-6)13-10-24/h8-16,21,23,30H,7,17-19H2,1-6H3/t21-,23-,30+/m1/s1. The molecule has 0 aliphatic carbocycles. The molecule has 0 radical (unpaired) electrons. The van der Waals surface area contributed by atoms with Crippen LogP contribution in [-0.4, -0.2) is 51.7 Å². The van der Waals surface area contributed by atoms with Crippen molar-refractivity contribution in [2.45, 2.75) is 66.3 Å². The van der Waals surface area contributed by atoms with Crippen LogP contribution in [0.4, 0.5) is 4.79 Å². The molecule has 4 aromatic rings. The van der Waals surface area contributed by atoms with Gasteiger partial charge in [-0.3, -0.25) is 4.79 Å². The number of benzene rings is 3. The number of amides is 2. The summed E-state index contributed by atoms with van der Waals surface area (Å²) in [6, 6.07) is 17.8. The van der Waals surface area contributed by atoms with E-state index in [2.05, 4.69) is 41.5 Å². The normalized spacial score (nSPS) is 16.5. The molecule has 3 atom stereocenters. The predicted molar refractivity (Wildman–Crippen MR) is 159 cm³/mol. The smallest absolute Gasteiger partial charge is 0.416 e. The molecule has 9 heteroatoms. The van der Waals surface area contributed by atoms with Crippen molar-refractivity contribution in [2.24, 2.45) is 5.92 Å². The van der Waals surface area contributed by atoms with Gasteiger partial charge in [0, 0.05) is 18.4 Å². The maximum atomic E-state index is 13.9. The van der Waals surface area contributed by atoms with Gasteiger partial charge in [-0.2, -0.15) is 0 Å². The Morgan fingerprint density at radius 1 is 1.10 bits per heavy atom. The van der Waals surface area contributed by atoms with Gasteiger partial charge in [0.2, 0.25) is 5.91 Å². The Labute approximate surface area is 246 Å². The van der Waals surface area contributed by atoms with E-state index in [0.29, 0.717) is 19.8 Å². The second-order valence-corrected chi connectivity index (χ2v) is 11.0. The van der Waals surface area contributed by atoms with Gasteiger partial charge in [0.15, 0.2) is 0 Å². The Bertz CT molecular complexity index is 1600. The molecule has 0 N–H and O–H groups in total. The van der Waals surface area contributed by atoms with E-state index < -0.39 is 12.0 Å². The lowest BCUT2D eigenvalue weighted by Gasteiger charge is -2.29. The zero-order valence-electron chi connectivity index (χ0n) is 25.1. The number of carbonyl (C=O) groups is 2. The van der Waals surface area contributed by atoms with Crippen LogP contribution in [-0.2, 0) is 34.0 Å². The molecule has 0 saturated carbocycles. The molecule has 0 bridgehead atoms. The highest BCUT2D eigenvalue weighted by molar-refractivity contribution is 5.95. The minimum atomic E-state index is -0.590. The monoisotopic (exact) mass is 570 g/mol. The van der Waals surface area contributed by atoms with E-state index in [9.17, 15) is 9.59 Å². The summed E-state index contributed by atoms with van der Waals surface area (Å²) in [5, 5.41) is 8.77. The number of imide groups is 1. The van der Waals surface area contributed by atoms with Crippen LogP contribution in [0.1, 0.15) is 60.1 Å². The zero-order valence-corrected chi connectivity index (χ0v) is 25.1. The Balaban J connectivity index is 1.50. The number of rotatable bonds is 10. The van der Waals surface area contributed by atoms with Crippen molar-refractivity contribution < 1.29 is 23.8 Å². The van der Waals surface area contributed by atoms with Crippen molar-refractivity contribution in [3.63, 3.8) is 0 Å². The largest absolute Gasteiger partial charge is 0.497 e. The first-order valence-electron chi connectivity index (χ1n) is 14.4. The summed E-state index contributed by atoms with van der Waals surface area (Å²) in [4.78, 5) is 27.6. The third-order valence-corrected chi connectivity index (χ3v) is 8.25. The fraction of sp³-hybridized carbons (Fsp3) is 0.394. The van der Waals surface area contributed by atoms with Crippen LogP contribution in [0.5, 0.6) is 5.75 Å². The second kappa shape index (κ2) is 12.3. The number of aromatic nitrogens is 3. The first kappa shape index (κ1) is 29.3. The third-order valence-electron chi connectivity index (χ3n) is 8.25. The van der Waals surface area contributed by atoms with Crippen LogP contribution < -0.4 is 4.74 Å². The molecule has 2 heterocycles. The van der Waals surface area contributed by atoms with Gasteiger partial charge in [-0.25, -0.2) is 14.4 Å². The van der Waals surface area contributed by atoms with E-state index in [0.717, 1.165) is 50.2 Å². The number of hydrogen-bond acceptors (Lipinski definition) is 7. The molecule has 220 valence electrons. The summed E-state index contributed by atoms with van der Waals surface area (Å²) in [7, 11) is 1.65. The molecule has 1 fully saturated rings. The Morgan fingerprint density at radius 3 is 2.52 bits per heavy atom. The zero-order chi connectivity index (χ0) is 30.0. The maximum Gasteiger partial charge on any atom is 0.416 e. The van der Waals surface area contributed by atoms with Crippen LogP contribution in [0, 0.1) is 19.8 Å². The average molecular weight is 571 g/mol. The molecule has 1 aliphatic rings. The van der Waals surface area contributed by atoms with Gasteiger partial charge in [0.05, 0.1) is 31.9 Å². The lowest BCUT2D eigenvalue weighted by atomic mass is 9.78. The number of ether oxygens (including phenoxy) is 3. The first-order valence-corrected chi connectivity index (χ1v) is 14.4. The molecule has 3 aromatic carbocycles. The topological polar surface area (TPSA) is 95.8 Å². The van der Waals surface area contributed by atoms with Gasteiger partial charge >= 0.3 is 6.09 Å². The Morgan fingerprint density at radius 2 is 1.86 bits per heavy atom. The van der Waals surface area contributed by atoms with Crippen molar-refractivity contribution in [3.8, 4) is 5.75 Å². The van der Waals surface area contributed by atoms with Crippen molar-refractivity contribution in [2.75, 3.05) is 13.7 Å². The third kappa shape index (κ3) is 5.61. The average Bonchev–Trinajstić information content (AvgIpc) is 3.58.